The van der Waals surface area contributed by atoms with Crippen LogP contribution in [0.4, 0.5) is 45.2 Å². The number of rotatable bonds is 4. The highest BCUT2D eigenvalue weighted by molar-refractivity contribution is 5.95. The molecule has 33 heavy (non-hydrogen) atoms. The summed E-state index contributed by atoms with van der Waals surface area (Å²) in [6.07, 6.45) is -16.7. The van der Waals surface area contributed by atoms with Gasteiger partial charge in [-0.1, -0.05) is 0 Å². The van der Waals surface area contributed by atoms with Crippen LogP contribution in [0.5, 0.6) is 0 Å². The van der Waals surface area contributed by atoms with Crippen molar-refractivity contribution in [2.24, 2.45) is 11.0 Å². The van der Waals surface area contributed by atoms with Gasteiger partial charge in [-0.25, -0.2) is 24.9 Å². The molecule has 0 spiro atoms. The molecule has 0 fully saturated rings. The molecule has 0 aliphatic carbocycles. The summed E-state index contributed by atoms with van der Waals surface area (Å²) in [5, 5.41) is 14.1. The Hall–Kier alpha value is -3.08. The van der Waals surface area contributed by atoms with Crippen LogP contribution in [0, 0.1) is 5.92 Å². The molecule has 0 bridgehead atoms. The average molecular weight is 490 g/mol. The van der Waals surface area contributed by atoms with Crippen molar-refractivity contribution in [3.63, 3.8) is 0 Å². The molecule has 3 atom stereocenters. The zero-order chi connectivity index (χ0) is 24.8. The smallest absolute Gasteiger partial charge is 0.376 e. The van der Waals surface area contributed by atoms with E-state index in [1.54, 1.807) is 0 Å². The van der Waals surface area contributed by atoms with E-state index in [9.17, 15) is 44.6 Å². The Kier molecular flexibility index (Phi) is 6.22. The fourth-order valence-electron chi connectivity index (χ4n) is 3.00. The van der Waals surface area contributed by atoms with Gasteiger partial charge in [0.25, 0.3) is 0 Å². The van der Waals surface area contributed by atoms with Crippen molar-refractivity contribution in [2.75, 3.05) is 12.1 Å². The van der Waals surface area contributed by atoms with Gasteiger partial charge in [0.15, 0.2) is 11.9 Å². The fraction of sp³-hybridized carbons (Fsp3) is 0.438. The average Bonchev–Trinajstić information content (AvgIpc) is 3.05. The van der Waals surface area contributed by atoms with Crippen molar-refractivity contribution in [3.8, 4) is 0 Å². The summed E-state index contributed by atoms with van der Waals surface area (Å²) < 4.78 is 122. The number of halogens is 9. The first-order chi connectivity index (χ1) is 15.1. The highest BCUT2D eigenvalue weighted by atomic mass is 19.4. The van der Waals surface area contributed by atoms with Crippen LogP contribution in [-0.2, 0) is 17.1 Å². The monoisotopic (exact) mass is 490 g/mol. The molecule has 180 valence electrons. The van der Waals surface area contributed by atoms with Gasteiger partial charge in [-0.3, -0.25) is 0 Å². The van der Waals surface area contributed by atoms with Gasteiger partial charge < -0.3 is 9.84 Å². The summed E-state index contributed by atoms with van der Waals surface area (Å²) in [7, 11) is 0.924. The number of aliphatic hydroxyl groups excluding tert-OH is 1. The third-order valence-corrected chi connectivity index (χ3v) is 4.38. The van der Waals surface area contributed by atoms with Crippen molar-refractivity contribution in [3.05, 3.63) is 42.0 Å². The number of ether oxygens (including phenoxy) is 1. The Balaban J connectivity index is 1.99. The highest BCUT2D eigenvalue weighted by Gasteiger charge is 2.54. The minimum absolute atomic E-state index is 0.324. The molecule has 1 N–H and O–H groups in total. The van der Waals surface area contributed by atoms with Gasteiger partial charge in [-0.2, -0.15) is 44.6 Å². The number of aliphatic hydroxyl groups is 1. The number of anilines is 1. The zero-order valence-corrected chi connectivity index (χ0v) is 16.0. The van der Waals surface area contributed by atoms with E-state index in [0.717, 1.165) is 7.11 Å². The predicted molar refractivity (Wildman–Crippen MR) is 89.3 cm³/mol. The zero-order valence-electron chi connectivity index (χ0n) is 16.0. The second-order valence-electron chi connectivity index (χ2n) is 6.52. The second kappa shape index (κ2) is 8.36. The van der Waals surface area contributed by atoms with Crippen molar-refractivity contribution in [2.45, 2.75) is 30.9 Å². The maximum Gasteiger partial charge on any atom is 0.451 e. The van der Waals surface area contributed by atoms with Crippen molar-refractivity contribution in [1.82, 2.24) is 19.9 Å². The van der Waals surface area contributed by atoms with Gasteiger partial charge in [0.2, 0.25) is 11.6 Å². The van der Waals surface area contributed by atoms with E-state index >= 15 is 0 Å². The number of aromatic nitrogens is 4. The molecule has 0 saturated carbocycles. The Morgan fingerprint density at radius 1 is 0.818 bits per heavy atom. The standard InChI is InChI=1S/C16H11F9N6O2/c1-33-9(6-2-26-12(27-3-6)15(20,21)22)8-10(14(17,18)19)30-31(11(8)32)7-4-28-13(29-5-7)16(23,24)25/h2-5,8-9,11,32H,1H3. The van der Waals surface area contributed by atoms with E-state index in [1.807, 2.05) is 0 Å². The minimum Gasteiger partial charge on any atom is -0.376 e. The number of hydrogen-bond donors (Lipinski definition) is 1. The van der Waals surface area contributed by atoms with Crippen molar-refractivity contribution < 1.29 is 49.4 Å². The van der Waals surface area contributed by atoms with Gasteiger partial charge in [0, 0.05) is 25.1 Å². The van der Waals surface area contributed by atoms with E-state index < -0.39 is 59.8 Å². The molecule has 0 aromatic carbocycles. The summed E-state index contributed by atoms with van der Waals surface area (Å²) in [4.78, 5) is 12.1. The van der Waals surface area contributed by atoms with Gasteiger partial charge in [-0.05, 0) is 0 Å². The number of methoxy groups -OCH3 is 1. The first-order valence-corrected chi connectivity index (χ1v) is 8.58. The maximum atomic E-state index is 13.6. The second-order valence-corrected chi connectivity index (χ2v) is 6.52. The third-order valence-electron chi connectivity index (χ3n) is 4.38. The summed E-state index contributed by atoms with van der Waals surface area (Å²) in [5.41, 5.74) is -2.48. The van der Waals surface area contributed by atoms with Gasteiger partial charge in [-0.15, -0.1) is 0 Å². The topological polar surface area (TPSA) is 96.6 Å². The Morgan fingerprint density at radius 3 is 1.67 bits per heavy atom. The molecule has 0 radical (unpaired) electrons. The Bertz CT molecular complexity index is 1010. The summed E-state index contributed by atoms with van der Waals surface area (Å²) in [6.45, 7) is 0. The van der Waals surface area contributed by atoms with E-state index in [2.05, 4.69) is 25.0 Å². The van der Waals surface area contributed by atoms with E-state index in [1.165, 1.54) is 0 Å². The summed E-state index contributed by atoms with van der Waals surface area (Å²) in [5.74, 6) is -5.17. The van der Waals surface area contributed by atoms with Gasteiger partial charge in [0.1, 0.15) is 0 Å². The number of alkyl halides is 9. The van der Waals surface area contributed by atoms with Crippen LogP contribution >= 0.6 is 0 Å². The molecule has 3 heterocycles. The van der Waals surface area contributed by atoms with Crippen LogP contribution in [0.2, 0.25) is 0 Å². The van der Waals surface area contributed by atoms with Crippen LogP contribution in [0.15, 0.2) is 29.9 Å². The molecule has 3 rings (SSSR count). The summed E-state index contributed by atoms with van der Waals surface area (Å²) >= 11 is 0. The van der Waals surface area contributed by atoms with E-state index in [4.69, 9.17) is 4.74 Å². The Morgan fingerprint density at radius 2 is 1.27 bits per heavy atom. The first kappa shape index (κ1) is 24.6. The molecule has 2 aromatic rings. The molecule has 3 unspecified atom stereocenters. The number of hydrazone groups is 1. The van der Waals surface area contributed by atoms with Crippen LogP contribution in [0.1, 0.15) is 23.3 Å². The largest absolute Gasteiger partial charge is 0.451 e. The predicted octanol–water partition coefficient (Wildman–Crippen LogP) is 3.36. The lowest BCUT2D eigenvalue weighted by Gasteiger charge is -2.28. The molecule has 2 aromatic heterocycles. The molecule has 8 nitrogen and oxygen atoms in total. The van der Waals surface area contributed by atoms with E-state index in [-0.39, 0.29) is 5.56 Å². The first-order valence-electron chi connectivity index (χ1n) is 8.58. The van der Waals surface area contributed by atoms with E-state index in [0.29, 0.717) is 29.8 Å². The van der Waals surface area contributed by atoms with Crippen molar-refractivity contribution in [1.29, 1.82) is 0 Å². The lowest BCUT2D eigenvalue weighted by molar-refractivity contribution is -0.145. The lowest BCUT2D eigenvalue weighted by Crippen LogP contribution is -2.41. The third kappa shape index (κ3) is 4.97. The summed E-state index contributed by atoms with van der Waals surface area (Å²) in [6, 6.07) is 0. The Labute approximate surface area is 177 Å². The number of hydrogen-bond acceptors (Lipinski definition) is 8. The molecule has 1 aliphatic rings. The quantitative estimate of drug-likeness (QED) is 0.657. The molecule has 1 aliphatic heterocycles. The molecular weight excluding hydrogens is 479 g/mol. The van der Waals surface area contributed by atoms with Crippen molar-refractivity contribution >= 4 is 11.4 Å². The van der Waals surface area contributed by atoms with Crippen LogP contribution in [-0.4, -0.2) is 50.3 Å². The fourth-order valence-corrected chi connectivity index (χ4v) is 3.00. The minimum atomic E-state index is -5.16. The molecular formula is C16H11F9N6O2. The van der Waals surface area contributed by atoms with Gasteiger partial charge in [0.05, 0.1) is 30.1 Å². The maximum absolute atomic E-state index is 13.6. The van der Waals surface area contributed by atoms with Crippen LogP contribution in [0.3, 0.4) is 0 Å². The van der Waals surface area contributed by atoms with Crippen LogP contribution in [0.25, 0.3) is 0 Å². The molecule has 0 saturated heterocycles. The SMILES string of the molecule is COC(c1cnc(C(F)(F)F)nc1)C1C(C(F)(F)F)=NN(c2cnc(C(F)(F)F)nc2)C1O. The van der Waals surface area contributed by atoms with Crippen LogP contribution < -0.4 is 5.01 Å². The van der Waals surface area contributed by atoms with Gasteiger partial charge >= 0.3 is 18.5 Å². The lowest BCUT2D eigenvalue weighted by atomic mass is 9.91. The molecule has 17 heteroatoms. The number of nitrogens with zero attached hydrogens (tertiary/aromatic N) is 6. The molecule has 0 amide bonds. The highest BCUT2D eigenvalue weighted by Crippen LogP contribution is 2.41. The normalized spacial score (nSPS) is 20.7.